The SMILES string of the molecule is CC1CN(c2cc(CN)nc3ccccc23)CC(C)O1. The number of morpholine rings is 1. The number of hydrogen-bond donors (Lipinski definition) is 1. The quantitative estimate of drug-likeness (QED) is 0.910. The second-order valence-electron chi connectivity index (χ2n) is 5.52. The van der Waals surface area contributed by atoms with Crippen LogP contribution < -0.4 is 10.6 Å². The summed E-state index contributed by atoms with van der Waals surface area (Å²) in [6, 6.07) is 10.4. The number of aromatic nitrogens is 1. The van der Waals surface area contributed by atoms with Gasteiger partial charge in [0.2, 0.25) is 0 Å². The van der Waals surface area contributed by atoms with Gasteiger partial charge >= 0.3 is 0 Å². The Morgan fingerprint density at radius 1 is 1.25 bits per heavy atom. The van der Waals surface area contributed by atoms with Crippen LogP contribution in [0.5, 0.6) is 0 Å². The lowest BCUT2D eigenvalue weighted by molar-refractivity contribution is -0.00513. The summed E-state index contributed by atoms with van der Waals surface area (Å²) in [5.74, 6) is 0. The largest absolute Gasteiger partial charge is 0.372 e. The number of nitrogens with zero attached hydrogens (tertiary/aromatic N) is 2. The fourth-order valence-corrected chi connectivity index (χ4v) is 2.95. The summed E-state index contributed by atoms with van der Waals surface area (Å²) in [6.45, 7) is 6.52. The molecule has 3 rings (SSSR count). The summed E-state index contributed by atoms with van der Waals surface area (Å²) < 4.78 is 5.82. The number of ether oxygens (including phenoxy) is 1. The lowest BCUT2D eigenvalue weighted by Gasteiger charge is -2.37. The fourth-order valence-electron chi connectivity index (χ4n) is 2.95. The summed E-state index contributed by atoms with van der Waals surface area (Å²) >= 11 is 0. The Labute approximate surface area is 119 Å². The van der Waals surface area contributed by atoms with Crippen molar-refractivity contribution in [2.75, 3.05) is 18.0 Å². The Bertz CT molecular complexity index is 604. The van der Waals surface area contributed by atoms with Crippen molar-refractivity contribution in [3.8, 4) is 0 Å². The maximum Gasteiger partial charge on any atom is 0.0726 e. The molecule has 1 aliphatic rings. The van der Waals surface area contributed by atoms with Crippen LogP contribution >= 0.6 is 0 Å². The van der Waals surface area contributed by atoms with Gasteiger partial charge in [-0.3, -0.25) is 4.98 Å². The molecule has 1 saturated heterocycles. The summed E-state index contributed by atoms with van der Waals surface area (Å²) in [5, 5.41) is 1.19. The van der Waals surface area contributed by atoms with Crippen molar-refractivity contribution < 1.29 is 4.74 Å². The molecule has 0 radical (unpaired) electrons. The van der Waals surface area contributed by atoms with Crippen molar-refractivity contribution in [3.05, 3.63) is 36.0 Å². The Morgan fingerprint density at radius 3 is 2.65 bits per heavy atom. The molecule has 0 saturated carbocycles. The van der Waals surface area contributed by atoms with Gasteiger partial charge in [0.1, 0.15) is 0 Å². The minimum Gasteiger partial charge on any atom is -0.372 e. The lowest BCUT2D eigenvalue weighted by Crippen LogP contribution is -2.45. The molecule has 2 unspecified atom stereocenters. The van der Waals surface area contributed by atoms with Crippen molar-refractivity contribution in [3.63, 3.8) is 0 Å². The molecular weight excluding hydrogens is 250 g/mol. The van der Waals surface area contributed by atoms with Gasteiger partial charge in [-0.15, -0.1) is 0 Å². The Morgan fingerprint density at radius 2 is 1.95 bits per heavy atom. The van der Waals surface area contributed by atoms with E-state index in [1.165, 1.54) is 11.1 Å². The minimum absolute atomic E-state index is 0.243. The highest BCUT2D eigenvalue weighted by Gasteiger charge is 2.24. The van der Waals surface area contributed by atoms with Gasteiger partial charge in [-0.05, 0) is 26.0 Å². The first kappa shape index (κ1) is 13.3. The first-order valence-electron chi connectivity index (χ1n) is 7.16. The molecule has 0 bridgehead atoms. The van der Waals surface area contributed by atoms with Crippen LogP contribution in [0.3, 0.4) is 0 Å². The molecule has 0 aliphatic carbocycles. The molecule has 1 aromatic carbocycles. The van der Waals surface area contributed by atoms with Gasteiger partial charge in [-0.25, -0.2) is 0 Å². The minimum atomic E-state index is 0.243. The molecule has 2 atom stereocenters. The molecule has 1 aromatic heterocycles. The number of rotatable bonds is 2. The summed E-state index contributed by atoms with van der Waals surface area (Å²) in [5.41, 5.74) is 8.96. The third-order valence-corrected chi connectivity index (χ3v) is 3.72. The topological polar surface area (TPSA) is 51.4 Å². The van der Waals surface area contributed by atoms with Crippen LogP contribution in [-0.4, -0.2) is 30.3 Å². The molecule has 4 heteroatoms. The predicted octanol–water partition coefficient (Wildman–Crippen LogP) is 2.31. The van der Waals surface area contributed by atoms with Gasteiger partial charge in [-0.1, -0.05) is 18.2 Å². The van der Waals surface area contributed by atoms with E-state index in [9.17, 15) is 0 Å². The highest BCUT2D eigenvalue weighted by molar-refractivity contribution is 5.92. The monoisotopic (exact) mass is 271 g/mol. The summed E-state index contributed by atoms with van der Waals surface area (Å²) in [4.78, 5) is 7.00. The van der Waals surface area contributed by atoms with Crippen molar-refractivity contribution in [1.82, 2.24) is 4.98 Å². The van der Waals surface area contributed by atoms with E-state index in [-0.39, 0.29) is 12.2 Å². The van der Waals surface area contributed by atoms with Gasteiger partial charge in [0, 0.05) is 30.7 Å². The van der Waals surface area contributed by atoms with Crippen molar-refractivity contribution >= 4 is 16.6 Å². The van der Waals surface area contributed by atoms with Crippen LogP contribution in [-0.2, 0) is 11.3 Å². The molecule has 1 fully saturated rings. The average Bonchev–Trinajstić information content (AvgIpc) is 2.45. The third kappa shape index (κ3) is 2.49. The molecule has 106 valence electrons. The number of nitrogens with two attached hydrogens (primary N) is 1. The maximum absolute atomic E-state index is 5.82. The van der Waals surface area contributed by atoms with Gasteiger partial charge in [0.05, 0.1) is 23.4 Å². The second-order valence-corrected chi connectivity index (χ2v) is 5.52. The third-order valence-electron chi connectivity index (χ3n) is 3.72. The zero-order valence-corrected chi connectivity index (χ0v) is 12.0. The van der Waals surface area contributed by atoms with Crippen LogP contribution in [0.15, 0.2) is 30.3 Å². The van der Waals surface area contributed by atoms with Gasteiger partial charge < -0.3 is 15.4 Å². The van der Waals surface area contributed by atoms with E-state index in [2.05, 4.69) is 41.9 Å². The molecular formula is C16H21N3O. The fraction of sp³-hybridized carbons (Fsp3) is 0.438. The zero-order valence-electron chi connectivity index (χ0n) is 12.0. The number of hydrogen-bond acceptors (Lipinski definition) is 4. The molecule has 0 amide bonds. The first-order chi connectivity index (χ1) is 9.67. The van der Waals surface area contributed by atoms with E-state index < -0.39 is 0 Å². The van der Waals surface area contributed by atoms with E-state index >= 15 is 0 Å². The van der Waals surface area contributed by atoms with Crippen LogP contribution in [0.25, 0.3) is 10.9 Å². The highest BCUT2D eigenvalue weighted by Crippen LogP contribution is 2.29. The molecule has 20 heavy (non-hydrogen) atoms. The number of anilines is 1. The van der Waals surface area contributed by atoms with E-state index in [1.54, 1.807) is 0 Å². The van der Waals surface area contributed by atoms with Crippen LogP contribution in [0, 0.1) is 0 Å². The Hall–Kier alpha value is -1.65. The predicted molar refractivity (Wildman–Crippen MR) is 81.9 cm³/mol. The summed E-state index contributed by atoms with van der Waals surface area (Å²) in [6.07, 6.45) is 0.485. The number of para-hydroxylation sites is 1. The molecule has 2 N–H and O–H groups in total. The first-order valence-corrected chi connectivity index (χ1v) is 7.16. The number of benzene rings is 1. The number of fused-ring (bicyclic) bond motifs is 1. The Balaban J connectivity index is 2.09. The lowest BCUT2D eigenvalue weighted by atomic mass is 10.1. The molecule has 2 aromatic rings. The van der Waals surface area contributed by atoms with Crippen LogP contribution in [0.4, 0.5) is 5.69 Å². The van der Waals surface area contributed by atoms with E-state index in [0.29, 0.717) is 6.54 Å². The molecule has 0 spiro atoms. The Kier molecular flexibility index (Phi) is 3.59. The smallest absolute Gasteiger partial charge is 0.0726 e. The van der Waals surface area contributed by atoms with Crippen LogP contribution in [0.1, 0.15) is 19.5 Å². The van der Waals surface area contributed by atoms with Crippen LogP contribution in [0.2, 0.25) is 0 Å². The van der Waals surface area contributed by atoms with Gasteiger partial charge in [-0.2, -0.15) is 0 Å². The highest BCUT2D eigenvalue weighted by atomic mass is 16.5. The standard InChI is InChI=1S/C16H21N3O/c1-11-9-19(10-12(2)20-11)16-7-13(8-17)18-15-6-4-3-5-14(15)16/h3-7,11-12H,8-10,17H2,1-2H3. The van der Waals surface area contributed by atoms with E-state index in [0.717, 1.165) is 24.3 Å². The maximum atomic E-state index is 5.82. The van der Waals surface area contributed by atoms with E-state index in [4.69, 9.17) is 10.5 Å². The van der Waals surface area contributed by atoms with Gasteiger partial charge in [0.25, 0.3) is 0 Å². The van der Waals surface area contributed by atoms with Crippen molar-refractivity contribution in [2.45, 2.75) is 32.6 Å². The zero-order chi connectivity index (χ0) is 14.1. The van der Waals surface area contributed by atoms with Crippen molar-refractivity contribution in [1.29, 1.82) is 0 Å². The normalized spacial score (nSPS) is 23.2. The average molecular weight is 271 g/mol. The number of pyridine rings is 1. The van der Waals surface area contributed by atoms with Gasteiger partial charge in [0.15, 0.2) is 0 Å². The molecule has 1 aliphatic heterocycles. The molecule has 2 heterocycles. The van der Waals surface area contributed by atoms with Crippen molar-refractivity contribution in [2.24, 2.45) is 5.73 Å². The van der Waals surface area contributed by atoms with E-state index in [1.807, 2.05) is 12.1 Å². The molecule has 4 nitrogen and oxygen atoms in total. The second kappa shape index (κ2) is 5.38. The summed E-state index contributed by atoms with van der Waals surface area (Å²) in [7, 11) is 0.